The van der Waals surface area contributed by atoms with E-state index in [1.807, 2.05) is 0 Å². The Labute approximate surface area is 109 Å². The van der Waals surface area contributed by atoms with Crippen molar-refractivity contribution in [3.63, 3.8) is 0 Å². The first-order valence-electron chi connectivity index (χ1n) is 5.25. The molecule has 0 aliphatic heterocycles. The summed E-state index contributed by atoms with van der Waals surface area (Å²) in [7, 11) is 0. The zero-order valence-corrected chi connectivity index (χ0v) is 10.4. The maximum Gasteiger partial charge on any atom is 0.317 e. The third-order valence-corrected chi connectivity index (χ3v) is 2.57. The van der Waals surface area contributed by atoms with E-state index in [1.54, 1.807) is 31.2 Å². The van der Waals surface area contributed by atoms with Gasteiger partial charge in [0.15, 0.2) is 6.04 Å². The molecule has 0 saturated carbocycles. The van der Waals surface area contributed by atoms with Gasteiger partial charge < -0.3 is 9.84 Å². The Kier molecular flexibility index (Phi) is 5.45. The summed E-state index contributed by atoms with van der Waals surface area (Å²) in [5, 5.41) is 13.6. The van der Waals surface area contributed by atoms with Crippen molar-refractivity contribution in [2.45, 2.75) is 19.1 Å². The first-order chi connectivity index (χ1) is 8.61. The standard InChI is InChI=1S/C11H12ClN3O3/c1-2-18-11(17)9(14-15-13)10(16)7-5-3-4-6-8(7)12/h3-6,9-10,16H,2H2,1H3/t9-,10-/m1/s1. The molecule has 0 unspecified atom stereocenters. The summed E-state index contributed by atoms with van der Waals surface area (Å²) >= 11 is 5.90. The lowest BCUT2D eigenvalue weighted by atomic mass is 10.0. The minimum Gasteiger partial charge on any atom is -0.466 e. The van der Waals surface area contributed by atoms with Gasteiger partial charge >= 0.3 is 5.97 Å². The van der Waals surface area contributed by atoms with E-state index in [-0.39, 0.29) is 11.6 Å². The number of esters is 1. The zero-order chi connectivity index (χ0) is 13.5. The van der Waals surface area contributed by atoms with Crippen LogP contribution >= 0.6 is 11.6 Å². The molecule has 0 fully saturated rings. The van der Waals surface area contributed by atoms with Gasteiger partial charge in [-0.2, -0.15) is 0 Å². The van der Waals surface area contributed by atoms with Gasteiger partial charge in [-0.1, -0.05) is 34.9 Å². The molecule has 0 amide bonds. The Morgan fingerprint density at radius 1 is 1.61 bits per heavy atom. The summed E-state index contributed by atoms with van der Waals surface area (Å²) in [4.78, 5) is 14.1. The van der Waals surface area contributed by atoms with Crippen molar-refractivity contribution in [3.05, 3.63) is 45.3 Å². The Bertz CT molecular complexity index is 474. The van der Waals surface area contributed by atoms with Crippen LogP contribution in [0, 0.1) is 0 Å². The van der Waals surface area contributed by atoms with Crippen LogP contribution in [0.5, 0.6) is 0 Å². The second-order valence-corrected chi connectivity index (χ2v) is 3.78. The van der Waals surface area contributed by atoms with Crippen LogP contribution in [-0.2, 0) is 9.53 Å². The fourth-order valence-electron chi connectivity index (χ4n) is 1.41. The number of aliphatic hydroxyl groups excluding tert-OH is 1. The van der Waals surface area contributed by atoms with Crippen LogP contribution in [0.25, 0.3) is 10.4 Å². The summed E-state index contributed by atoms with van der Waals surface area (Å²) in [6.45, 7) is 1.75. The highest BCUT2D eigenvalue weighted by Crippen LogP contribution is 2.27. The Morgan fingerprint density at radius 3 is 2.83 bits per heavy atom. The van der Waals surface area contributed by atoms with Crippen molar-refractivity contribution in [1.29, 1.82) is 0 Å². The molecule has 1 aromatic rings. The average Bonchev–Trinajstić information content (AvgIpc) is 2.36. The Hall–Kier alpha value is -1.75. The van der Waals surface area contributed by atoms with Gasteiger partial charge in [0.1, 0.15) is 0 Å². The van der Waals surface area contributed by atoms with Gasteiger partial charge in [0.2, 0.25) is 0 Å². The van der Waals surface area contributed by atoms with Gasteiger partial charge in [0.05, 0.1) is 12.7 Å². The molecule has 0 radical (unpaired) electrons. The highest BCUT2D eigenvalue weighted by atomic mass is 35.5. The van der Waals surface area contributed by atoms with Crippen LogP contribution in [0.15, 0.2) is 29.4 Å². The van der Waals surface area contributed by atoms with Crippen molar-refractivity contribution >= 4 is 17.6 Å². The molecular weight excluding hydrogens is 258 g/mol. The van der Waals surface area contributed by atoms with Crippen LogP contribution in [0.3, 0.4) is 0 Å². The molecule has 1 N–H and O–H groups in total. The summed E-state index contributed by atoms with van der Waals surface area (Å²) < 4.78 is 4.73. The molecule has 96 valence electrons. The number of aliphatic hydroxyl groups is 1. The molecule has 7 heteroatoms. The third kappa shape index (κ3) is 3.37. The fourth-order valence-corrected chi connectivity index (χ4v) is 1.66. The summed E-state index contributed by atoms with van der Waals surface area (Å²) in [5.41, 5.74) is 8.74. The number of hydrogen-bond donors (Lipinski definition) is 1. The molecule has 2 atom stereocenters. The first kappa shape index (κ1) is 14.3. The molecule has 0 aromatic heterocycles. The summed E-state index contributed by atoms with van der Waals surface area (Å²) in [6.07, 6.45) is -1.34. The minimum absolute atomic E-state index is 0.130. The van der Waals surface area contributed by atoms with Crippen molar-refractivity contribution in [3.8, 4) is 0 Å². The van der Waals surface area contributed by atoms with Crippen LogP contribution in [0.2, 0.25) is 5.02 Å². The fraction of sp³-hybridized carbons (Fsp3) is 0.364. The largest absolute Gasteiger partial charge is 0.466 e. The normalized spacial score (nSPS) is 13.3. The second kappa shape index (κ2) is 6.86. The number of carbonyl (C=O) groups excluding carboxylic acids is 1. The van der Waals surface area contributed by atoms with Gasteiger partial charge in [-0.3, -0.25) is 4.79 Å². The molecule has 0 saturated heterocycles. The predicted molar refractivity (Wildman–Crippen MR) is 66.0 cm³/mol. The zero-order valence-electron chi connectivity index (χ0n) is 9.65. The van der Waals surface area contributed by atoms with E-state index >= 15 is 0 Å². The number of rotatable bonds is 5. The van der Waals surface area contributed by atoms with E-state index < -0.39 is 18.1 Å². The van der Waals surface area contributed by atoms with Crippen LogP contribution in [0.4, 0.5) is 0 Å². The highest BCUT2D eigenvalue weighted by Gasteiger charge is 2.29. The number of benzene rings is 1. The van der Waals surface area contributed by atoms with Gasteiger partial charge in [-0.05, 0) is 18.5 Å². The number of halogens is 1. The predicted octanol–water partition coefficient (Wildman–Crippen LogP) is 2.62. The SMILES string of the molecule is CCOC(=O)[C@H](N=[N+]=[N-])[C@H](O)c1ccccc1Cl. The number of carbonyl (C=O) groups is 1. The monoisotopic (exact) mass is 269 g/mol. The van der Waals surface area contributed by atoms with E-state index in [0.29, 0.717) is 5.56 Å². The van der Waals surface area contributed by atoms with E-state index in [0.717, 1.165) is 0 Å². The second-order valence-electron chi connectivity index (χ2n) is 3.37. The molecule has 0 heterocycles. The van der Waals surface area contributed by atoms with Crippen LogP contribution in [0.1, 0.15) is 18.6 Å². The molecule has 6 nitrogen and oxygen atoms in total. The minimum atomic E-state index is -1.35. The van der Waals surface area contributed by atoms with E-state index in [1.165, 1.54) is 0 Å². The molecule has 0 aliphatic carbocycles. The molecule has 0 bridgehead atoms. The van der Waals surface area contributed by atoms with Crippen molar-refractivity contribution in [2.75, 3.05) is 6.61 Å². The Balaban J connectivity index is 3.03. The van der Waals surface area contributed by atoms with Crippen molar-refractivity contribution in [2.24, 2.45) is 5.11 Å². The number of azide groups is 1. The smallest absolute Gasteiger partial charge is 0.317 e. The molecule has 1 aromatic carbocycles. The number of nitrogens with zero attached hydrogens (tertiary/aromatic N) is 3. The van der Waals surface area contributed by atoms with E-state index in [9.17, 15) is 9.90 Å². The van der Waals surface area contributed by atoms with Crippen molar-refractivity contribution < 1.29 is 14.6 Å². The van der Waals surface area contributed by atoms with Gasteiger partial charge in [-0.25, -0.2) is 0 Å². The molecule has 0 spiro atoms. The maximum atomic E-state index is 11.6. The van der Waals surface area contributed by atoms with Crippen molar-refractivity contribution in [1.82, 2.24) is 0 Å². The maximum absolute atomic E-state index is 11.6. The van der Waals surface area contributed by atoms with E-state index in [2.05, 4.69) is 10.0 Å². The average molecular weight is 270 g/mol. The Morgan fingerprint density at radius 2 is 2.28 bits per heavy atom. The third-order valence-electron chi connectivity index (χ3n) is 2.23. The summed E-state index contributed by atoms with van der Waals surface area (Å²) in [6, 6.07) is 5.11. The molecule has 0 aliphatic rings. The van der Waals surface area contributed by atoms with Crippen LogP contribution < -0.4 is 0 Å². The first-order valence-corrected chi connectivity index (χ1v) is 5.63. The quantitative estimate of drug-likeness (QED) is 0.385. The lowest BCUT2D eigenvalue weighted by Crippen LogP contribution is -2.28. The number of hydrogen-bond acceptors (Lipinski definition) is 4. The number of ether oxygens (including phenoxy) is 1. The molecule has 18 heavy (non-hydrogen) atoms. The summed E-state index contributed by atoms with van der Waals surface area (Å²) in [5.74, 6) is -0.789. The van der Waals surface area contributed by atoms with Crippen LogP contribution in [-0.4, -0.2) is 23.7 Å². The van der Waals surface area contributed by atoms with Gasteiger partial charge in [-0.15, -0.1) is 0 Å². The van der Waals surface area contributed by atoms with Gasteiger partial charge in [0.25, 0.3) is 0 Å². The lowest BCUT2D eigenvalue weighted by molar-refractivity contribution is -0.147. The molecular formula is C11H12ClN3O3. The van der Waals surface area contributed by atoms with Gasteiger partial charge in [0, 0.05) is 15.5 Å². The molecule has 1 rings (SSSR count). The topological polar surface area (TPSA) is 95.3 Å². The highest BCUT2D eigenvalue weighted by molar-refractivity contribution is 6.31. The van der Waals surface area contributed by atoms with E-state index in [4.69, 9.17) is 21.9 Å². The lowest BCUT2D eigenvalue weighted by Gasteiger charge is -2.18.